The summed E-state index contributed by atoms with van der Waals surface area (Å²) in [7, 11) is 0. The van der Waals surface area contributed by atoms with E-state index in [0.717, 1.165) is 35.0 Å². The van der Waals surface area contributed by atoms with E-state index in [0.29, 0.717) is 13.3 Å². The normalized spacial score (nSPS) is 12.0. The van der Waals surface area contributed by atoms with E-state index in [-0.39, 0.29) is 12.4 Å². The van der Waals surface area contributed by atoms with Gasteiger partial charge in [-0.3, -0.25) is 0 Å². The molecular formula is C17H17ClN4O2. The Kier molecular flexibility index (Phi) is 4.98. The zero-order valence-electron chi connectivity index (χ0n) is 12.9. The van der Waals surface area contributed by atoms with Crippen molar-refractivity contribution >= 4 is 12.4 Å². The second kappa shape index (κ2) is 7.33. The van der Waals surface area contributed by atoms with Gasteiger partial charge in [0, 0.05) is 37.2 Å². The van der Waals surface area contributed by atoms with E-state index in [1.165, 1.54) is 0 Å². The van der Waals surface area contributed by atoms with Gasteiger partial charge in [0.1, 0.15) is 0 Å². The smallest absolute Gasteiger partial charge is 0.231 e. The number of ether oxygens (including phenoxy) is 2. The maximum Gasteiger partial charge on any atom is 0.231 e. The van der Waals surface area contributed by atoms with Gasteiger partial charge in [0.2, 0.25) is 6.79 Å². The molecule has 24 heavy (non-hydrogen) atoms. The third-order valence-electron chi connectivity index (χ3n) is 3.67. The summed E-state index contributed by atoms with van der Waals surface area (Å²) in [6.07, 6.45) is 5.42. The van der Waals surface area contributed by atoms with Gasteiger partial charge in [-0.25, -0.2) is 9.67 Å². The number of fused-ring (bicyclic) bond motifs is 1. The molecular weight excluding hydrogens is 328 g/mol. The molecule has 1 aromatic carbocycles. The summed E-state index contributed by atoms with van der Waals surface area (Å²) in [6, 6.07) is 11.8. The third kappa shape index (κ3) is 3.34. The number of hydrogen-bond acceptors (Lipinski definition) is 5. The SMILES string of the molecule is Cl.c1cc(CNCc2ccnc(-n3cccn3)c2)c2c(c1)OCO2. The number of aromatic nitrogens is 3. The first-order chi connectivity index (χ1) is 11.4. The molecule has 2 aromatic heterocycles. The first-order valence-corrected chi connectivity index (χ1v) is 7.43. The van der Waals surface area contributed by atoms with Gasteiger partial charge >= 0.3 is 0 Å². The summed E-state index contributed by atoms with van der Waals surface area (Å²) in [4.78, 5) is 4.33. The molecule has 3 heterocycles. The number of para-hydroxylation sites is 1. The molecule has 0 unspecified atom stereocenters. The summed E-state index contributed by atoms with van der Waals surface area (Å²) < 4.78 is 12.7. The first kappa shape index (κ1) is 16.3. The molecule has 7 heteroatoms. The molecule has 0 saturated heterocycles. The topological polar surface area (TPSA) is 61.2 Å². The minimum atomic E-state index is 0. The minimum absolute atomic E-state index is 0. The number of halogens is 1. The van der Waals surface area contributed by atoms with Crippen molar-refractivity contribution in [2.24, 2.45) is 0 Å². The van der Waals surface area contributed by atoms with Gasteiger partial charge in [-0.05, 0) is 29.8 Å². The predicted octanol–water partition coefficient (Wildman–Crippen LogP) is 2.71. The molecule has 6 nitrogen and oxygen atoms in total. The average Bonchev–Trinajstić information content (AvgIpc) is 3.27. The molecule has 4 rings (SSSR count). The maximum atomic E-state index is 5.52. The van der Waals surface area contributed by atoms with Crippen molar-refractivity contribution in [3.63, 3.8) is 0 Å². The van der Waals surface area contributed by atoms with Crippen LogP contribution in [0.15, 0.2) is 55.0 Å². The van der Waals surface area contributed by atoms with Crippen molar-refractivity contribution < 1.29 is 9.47 Å². The highest BCUT2D eigenvalue weighted by molar-refractivity contribution is 5.85. The van der Waals surface area contributed by atoms with Gasteiger partial charge in [0.05, 0.1) is 0 Å². The summed E-state index contributed by atoms with van der Waals surface area (Å²) in [5.41, 5.74) is 2.25. The Morgan fingerprint density at radius 1 is 1.08 bits per heavy atom. The van der Waals surface area contributed by atoms with Crippen LogP contribution < -0.4 is 14.8 Å². The summed E-state index contributed by atoms with van der Waals surface area (Å²) >= 11 is 0. The maximum absolute atomic E-state index is 5.52. The van der Waals surface area contributed by atoms with E-state index in [2.05, 4.69) is 15.4 Å². The molecule has 0 amide bonds. The van der Waals surface area contributed by atoms with E-state index in [1.807, 2.05) is 42.6 Å². The Balaban J connectivity index is 0.00000169. The molecule has 3 aromatic rings. The van der Waals surface area contributed by atoms with Crippen LogP contribution in [0, 0.1) is 0 Å². The van der Waals surface area contributed by atoms with Crippen LogP contribution in [0.25, 0.3) is 5.82 Å². The second-order valence-electron chi connectivity index (χ2n) is 5.23. The molecule has 1 aliphatic rings. The number of nitrogens with zero attached hydrogens (tertiary/aromatic N) is 3. The van der Waals surface area contributed by atoms with Gasteiger partial charge < -0.3 is 14.8 Å². The van der Waals surface area contributed by atoms with Crippen molar-refractivity contribution in [3.05, 3.63) is 66.1 Å². The van der Waals surface area contributed by atoms with Crippen molar-refractivity contribution in [1.82, 2.24) is 20.1 Å². The highest BCUT2D eigenvalue weighted by Gasteiger charge is 2.16. The standard InChI is InChI=1S/C17H16N4O2.ClH/c1-3-14(17-15(4-1)22-12-23-17)11-18-10-13-5-7-19-16(9-13)21-8-2-6-20-21;/h1-9,18H,10-12H2;1H. The molecule has 124 valence electrons. The van der Waals surface area contributed by atoms with Crippen LogP contribution in [-0.2, 0) is 13.1 Å². The molecule has 0 radical (unpaired) electrons. The van der Waals surface area contributed by atoms with E-state index < -0.39 is 0 Å². The zero-order chi connectivity index (χ0) is 15.5. The number of nitrogens with one attached hydrogen (secondary N) is 1. The quantitative estimate of drug-likeness (QED) is 0.771. The highest BCUT2D eigenvalue weighted by Crippen LogP contribution is 2.35. The Morgan fingerprint density at radius 2 is 2.04 bits per heavy atom. The van der Waals surface area contributed by atoms with Crippen LogP contribution in [0.2, 0.25) is 0 Å². The van der Waals surface area contributed by atoms with Crippen LogP contribution in [0.4, 0.5) is 0 Å². The van der Waals surface area contributed by atoms with Crippen molar-refractivity contribution in [2.75, 3.05) is 6.79 Å². The number of benzene rings is 1. The molecule has 0 saturated carbocycles. The summed E-state index contributed by atoms with van der Waals surface area (Å²) in [5, 5.41) is 7.63. The van der Waals surface area contributed by atoms with Crippen LogP contribution in [0.1, 0.15) is 11.1 Å². The average molecular weight is 345 g/mol. The lowest BCUT2D eigenvalue weighted by Gasteiger charge is -2.08. The van der Waals surface area contributed by atoms with Crippen LogP contribution in [0.3, 0.4) is 0 Å². The van der Waals surface area contributed by atoms with Gasteiger partial charge in [-0.15, -0.1) is 12.4 Å². The third-order valence-corrected chi connectivity index (χ3v) is 3.67. The molecule has 0 fully saturated rings. The number of pyridine rings is 1. The van der Waals surface area contributed by atoms with E-state index in [4.69, 9.17) is 9.47 Å². The lowest BCUT2D eigenvalue weighted by atomic mass is 10.2. The summed E-state index contributed by atoms with van der Waals surface area (Å²) in [6.45, 7) is 1.75. The number of hydrogen-bond donors (Lipinski definition) is 1. The second-order valence-corrected chi connectivity index (χ2v) is 5.23. The van der Waals surface area contributed by atoms with Gasteiger partial charge in [0.15, 0.2) is 17.3 Å². The molecule has 1 aliphatic heterocycles. The lowest BCUT2D eigenvalue weighted by Crippen LogP contribution is -2.13. The first-order valence-electron chi connectivity index (χ1n) is 7.43. The largest absolute Gasteiger partial charge is 0.454 e. The minimum Gasteiger partial charge on any atom is -0.454 e. The van der Waals surface area contributed by atoms with E-state index >= 15 is 0 Å². The van der Waals surface area contributed by atoms with Crippen LogP contribution in [0.5, 0.6) is 11.5 Å². The fraction of sp³-hybridized carbons (Fsp3) is 0.176. The van der Waals surface area contributed by atoms with E-state index in [9.17, 15) is 0 Å². The number of rotatable bonds is 5. The van der Waals surface area contributed by atoms with Crippen LogP contribution >= 0.6 is 12.4 Å². The molecule has 1 N–H and O–H groups in total. The highest BCUT2D eigenvalue weighted by atomic mass is 35.5. The molecule has 0 aliphatic carbocycles. The Hall–Kier alpha value is -2.57. The van der Waals surface area contributed by atoms with Crippen molar-refractivity contribution in [2.45, 2.75) is 13.1 Å². The van der Waals surface area contributed by atoms with Gasteiger partial charge in [-0.1, -0.05) is 12.1 Å². The van der Waals surface area contributed by atoms with E-state index in [1.54, 1.807) is 17.1 Å². The Bertz CT molecular complexity index is 808. The van der Waals surface area contributed by atoms with Crippen molar-refractivity contribution in [3.8, 4) is 17.3 Å². The predicted molar refractivity (Wildman–Crippen MR) is 91.7 cm³/mol. The van der Waals surface area contributed by atoms with Crippen molar-refractivity contribution in [1.29, 1.82) is 0 Å². The van der Waals surface area contributed by atoms with Gasteiger partial charge in [0.25, 0.3) is 0 Å². The molecule has 0 bridgehead atoms. The van der Waals surface area contributed by atoms with Crippen LogP contribution in [-0.4, -0.2) is 21.6 Å². The Labute approximate surface area is 145 Å². The lowest BCUT2D eigenvalue weighted by molar-refractivity contribution is 0.173. The molecule has 0 atom stereocenters. The fourth-order valence-corrected chi connectivity index (χ4v) is 2.57. The summed E-state index contributed by atoms with van der Waals surface area (Å²) in [5.74, 6) is 2.47. The van der Waals surface area contributed by atoms with Gasteiger partial charge in [-0.2, -0.15) is 5.10 Å². The Morgan fingerprint density at radius 3 is 2.92 bits per heavy atom. The monoisotopic (exact) mass is 344 g/mol. The molecule has 0 spiro atoms. The fourth-order valence-electron chi connectivity index (χ4n) is 2.57. The zero-order valence-corrected chi connectivity index (χ0v) is 13.7.